The Labute approximate surface area is 149 Å². The van der Waals surface area contributed by atoms with Gasteiger partial charge in [-0.3, -0.25) is 4.79 Å². The molecule has 0 unspecified atom stereocenters. The summed E-state index contributed by atoms with van der Waals surface area (Å²) < 4.78 is 41.1. The SMILES string of the molecule is C=C(/C=C/C)c1cc(C(F)(F)F)c(C#N)c(=O)n1Cc1ccc(C)cc1. The molecule has 3 nitrogen and oxygen atoms in total. The fourth-order valence-corrected chi connectivity index (χ4v) is 2.56. The van der Waals surface area contributed by atoms with Crippen molar-refractivity contribution in [1.29, 1.82) is 5.26 Å². The molecule has 26 heavy (non-hydrogen) atoms. The average Bonchev–Trinajstić information content (AvgIpc) is 2.57. The summed E-state index contributed by atoms with van der Waals surface area (Å²) in [6.07, 6.45) is -1.67. The third-order valence-electron chi connectivity index (χ3n) is 3.88. The van der Waals surface area contributed by atoms with Crippen molar-refractivity contribution in [1.82, 2.24) is 4.57 Å². The van der Waals surface area contributed by atoms with Crippen LogP contribution in [0.25, 0.3) is 5.57 Å². The van der Waals surface area contributed by atoms with Crippen molar-refractivity contribution in [3.63, 3.8) is 0 Å². The van der Waals surface area contributed by atoms with Crippen molar-refractivity contribution in [3.8, 4) is 6.07 Å². The van der Waals surface area contributed by atoms with E-state index in [0.29, 0.717) is 0 Å². The summed E-state index contributed by atoms with van der Waals surface area (Å²) in [5.41, 5.74) is -1.11. The summed E-state index contributed by atoms with van der Waals surface area (Å²) in [6, 6.07) is 9.48. The van der Waals surface area contributed by atoms with E-state index in [0.717, 1.165) is 21.8 Å². The van der Waals surface area contributed by atoms with Crippen LogP contribution in [0.5, 0.6) is 0 Å². The number of benzene rings is 1. The molecule has 0 atom stereocenters. The molecule has 0 N–H and O–H groups in total. The number of hydrogen-bond acceptors (Lipinski definition) is 2. The number of nitrogens with zero attached hydrogens (tertiary/aromatic N) is 2. The Bertz CT molecular complexity index is 959. The highest BCUT2D eigenvalue weighted by molar-refractivity contribution is 5.71. The number of hydrogen-bond donors (Lipinski definition) is 0. The lowest BCUT2D eigenvalue weighted by molar-refractivity contribution is -0.138. The summed E-state index contributed by atoms with van der Waals surface area (Å²) in [5.74, 6) is 0. The number of alkyl halides is 3. The van der Waals surface area contributed by atoms with Crippen LogP contribution in [-0.4, -0.2) is 4.57 Å². The number of allylic oxidation sites excluding steroid dienone is 3. The number of aryl methyl sites for hydroxylation is 1. The van der Waals surface area contributed by atoms with E-state index in [-0.39, 0.29) is 17.8 Å². The molecule has 0 fully saturated rings. The minimum absolute atomic E-state index is 0.0278. The van der Waals surface area contributed by atoms with Gasteiger partial charge in [0.2, 0.25) is 0 Å². The highest BCUT2D eigenvalue weighted by Gasteiger charge is 2.36. The summed E-state index contributed by atoms with van der Waals surface area (Å²) in [5, 5.41) is 9.12. The highest BCUT2D eigenvalue weighted by Crippen LogP contribution is 2.32. The molecule has 0 spiro atoms. The fourth-order valence-electron chi connectivity index (χ4n) is 2.56. The molecule has 1 aromatic heterocycles. The molecule has 0 amide bonds. The normalized spacial score (nSPS) is 11.5. The Morgan fingerprint density at radius 3 is 2.42 bits per heavy atom. The second kappa shape index (κ2) is 7.44. The van der Waals surface area contributed by atoms with Crippen molar-refractivity contribution in [3.05, 3.63) is 87.4 Å². The first-order chi connectivity index (χ1) is 12.2. The van der Waals surface area contributed by atoms with Crippen LogP contribution < -0.4 is 5.56 Å². The lowest BCUT2D eigenvalue weighted by Crippen LogP contribution is -2.29. The van der Waals surface area contributed by atoms with Gasteiger partial charge in [0.15, 0.2) is 0 Å². The molecule has 134 valence electrons. The van der Waals surface area contributed by atoms with Crippen molar-refractivity contribution >= 4 is 5.57 Å². The van der Waals surface area contributed by atoms with Gasteiger partial charge in [-0.05, 0) is 31.1 Å². The first-order valence-electron chi connectivity index (χ1n) is 7.81. The van der Waals surface area contributed by atoms with Crippen LogP contribution in [0, 0.1) is 18.3 Å². The molecular weight excluding hydrogens is 341 g/mol. The van der Waals surface area contributed by atoms with E-state index in [1.807, 2.05) is 19.1 Å². The van der Waals surface area contributed by atoms with Gasteiger partial charge in [0.25, 0.3) is 5.56 Å². The molecule has 1 heterocycles. The maximum absolute atomic E-state index is 13.3. The highest BCUT2D eigenvalue weighted by atomic mass is 19.4. The smallest absolute Gasteiger partial charge is 0.303 e. The molecule has 0 radical (unpaired) electrons. The molecule has 6 heteroatoms. The first kappa shape index (κ1) is 19.3. The van der Waals surface area contributed by atoms with Crippen LogP contribution in [0.3, 0.4) is 0 Å². The summed E-state index contributed by atoms with van der Waals surface area (Å²) in [7, 11) is 0. The molecule has 0 aliphatic heterocycles. The van der Waals surface area contributed by atoms with Crippen LogP contribution in [0.4, 0.5) is 13.2 Å². The van der Waals surface area contributed by atoms with Gasteiger partial charge in [0.1, 0.15) is 11.6 Å². The van der Waals surface area contributed by atoms with Crippen LogP contribution in [0.15, 0.2) is 53.9 Å². The second-order valence-electron chi connectivity index (χ2n) is 5.83. The molecule has 2 rings (SSSR count). The Hall–Kier alpha value is -3.07. The van der Waals surface area contributed by atoms with E-state index in [1.54, 1.807) is 25.1 Å². The zero-order valence-electron chi connectivity index (χ0n) is 14.4. The van der Waals surface area contributed by atoms with Crippen molar-refractivity contribution in [2.75, 3.05) is 0 Å². The Kier molecular flexibility index (Phi) is 5.51. The van der Waals surface area contributed by atoms with E-state index in [2.05, 4.69) is 6.58 Å². The summed E-state index contributed by atoms with van der Waals surface area (Å²) in [6.45, 7) is 7.39. The molecule has 0 saturated heterocycles. The molecule has 1 aromatic carbocycles. The summed E-state index contributed by atoms with van der Waals surface area (Å²) >= 11 is 0. The van der Waals surface area contributed by atoms with Gasteiger partial charge < -0.3 is 4.57 Å². The third-order valence-corrected chi connectivity index (χ3v) is 3.88. The molecule has 0 aliphatic rings. The maximum Gasteiger partial charge on any atom is 0.417 e. The Morgan fingerprint density at radius 2 is 1.92 bits per heavy atom. The Balaban J connectivity index is 2.76. The van der Waals surface area contributed by atoms with Gasteiger partial charge in [-0.1, -0.05) is 48.6 Å². The molecule has 0 bridgehead atoms. The standard InChI is InChI=1S/C20H17F3N2O/c1-4-5-14(3)18-10-17(20(21,22)23)16(11-24)19(26)25(18)12-15-8-6-13(2)7-9-15/h4-10H,3,12H2,1-2H3/b5-4+. The van der Waals surface area contributed by atoms with Gasteiger partial charge >= 0.3 is 6.18 Å². The molecule has 2 aromatic rings. The van der Waals surface area contributed by atoms with Crippen molar-refractivity contribution in [2.45, 2.75) is 26.6 Å². The first-order valence-corrected chi connectivity index (χ1v) is 7.81. The quantitative estimate of drug-likeness (QED) is 0.745. The van der Waals surface area contributed by atoms with Gasteiger partial charge in [-0.2, -0.15) is 18.4 Å². The second-order valence-corrected chi connectivity index (χ2v) is 5.83. The number of pyridine rings is 1. The van der Waals surface area contributed by atoms with Gasteiger partial charge in [0.05, 0.1) is 17.8 Å². The van der Waals surface area contributed by atoms with Gasteiger partial charge in [0, 0.05) is 0 Å². The minimum atomic E-state index is -4.81. The minimum Gasteiger partial charge on any atom is -0.303 e. The zero-order chi connectivity index (χ0) is 19.5. The van der Waals surface area contributed by atoms with E-state index in [1.165, 1.54) is 12.1 Å². The zero-order valence-corrected chi connectivity index (χ0v) is 14.4. The summed E-state index contributed by atoms with van der Waals surface area (Å²) in [4.78, 5) is 12.6. The van der Waals surface area contributed by atoms with E-state index < -0.39 is 22.9 Å². The Morgan fingerprint density at radius 1 is 1.31 bits per heavy atom. The van der Waals surface area contributed by atoms with Crippen LogP contribution in [0.2, 0.25) is 0 Å². The maximum atomic E-state index is 13.3. The van der Waals surface area contributed by atoms with Crippen molar-refractivity contribution < 1.29 is 13.2 Å². The molecule has 0 saturated carbocycles. The van der Waals surface area contributed by atoms with Crippen LogP contribution in [-0.2, 0) is 12.7 Å². The average molecular weight is 358 g/mol. The predicted octanol–water partition coefficient (Wildman–Crippen LogP) is 4.68. The molecular formula is C20H17F3N2O. The van der Waals surface area contributed by atoms with Gasteiger partial charge in [-0.15, -0.1) is 0 Å². The van der Waals surface area contributed by atoms with E-state index in [9.17, 15) is 18.0 Å². The van der Waals surface area contributed by atoms with Crippen LogP contribution in [0.1, 0.15) is 34.9 Å². The topological polar surface area (TPSA) is 45.8 Å². The lowest BCUT2D eigenvalue weighted by atomic mass is 10.0. The molecule has 0 aliphatic carbocycles. The predicted molar refractivity (Wildman–Crippen MR) is 94.5 cm³/mol. The monoisotopic (exact) mass is 358 g/mol. The van der Waals surface area contributed by atoms with Crippen LogP contribution >= 0.6 is 0 Å². The lowest BCUT2D eigenvalue weighted by Gasteiger charge is -2.18. The van der Waals surface area contributed by atoms with E-state index in [4.69, 9.17) is 5.26 Å². The van der Waals surface area contributed by atoms with Crippen molar-refractivity contribution in [2.24, 2.45) is 0 Å². The number of aromatic nitrogens is 1. The largest absolute Gasteiger partial charge is 0.417 e. The fraction of sp³-hybridized carbons (Fsp3) is 0.200. The third kappa shape index (κ3) is 3.94. The number of nitriles is 1. The van der Waals surface area contributed by atoms with Gasteiger partial charge in [-0.25, -0.2) is 0 Å². The number of halogens is 3. The van der Waals surface area contributed by atoms with E-state index >= 15 is 0 Å². The number of rotatable bonds is 4.